The first-order chi connectivity index (χ1) is 18.0. The molecule has 0 heterocycles. The number of rotatable bonds is 13. The van der Waals surface area contributed by atoms with Gasteiger partial charge in [-0.1, -0.05) is 58.8 Å². The van der Waals surface area contributed by atoms with Gasteiger partial charge in [-0.15, -0.1) is 0 Å². The highest BCUT2D eigenvalue weighted by molar-refractivity contribution is 7.87. The van der Waals surface area contributed by atoms with E-state index in [4.69, 9.17) is 9.11 Å². The average Bonchev–Trinajstić information content (AvgIpc) is 3.58. The Bertz CT molecular complexity index is 1040. The third kappa shape index (κ3) is 6.62. The normalized spacial score (nSPS) is 34.6. The molecule has 0 saturated heterocycles. The molecule has 0 aromatic rings. The van der Waals surface area contributed by atoms with E-state index in [0.717, 1.165) is 38.5 Å². The van der Waals surface area contributed by atoms with E-state index in [1.54, 1.807) is 6.92 Å². The topological polar surface area (TPSA) is 129 Å². The SMILES string of the molecule is CCCCCCCCC(CCC)C(F)(F)S(=O)(=O)O.O=S(=O)(O)C(F)(F)C1CC2CC1C1C3CC(O)C(C3)C21. The molecule has 9 atom stereocenters. The molecule has 0 spiro atoms. The summed E-state index contributed by atoms with van der Waals surface area (Å²) in [5, 5.41) is 1.91. The molecule has 230 valence electrons. The van der Waals surface area contributed by atoms with Gasteiger partial charge < -0.3 is 5.11 Å². The maximum Gasteiger partial charge on any atom is 0.372 e. The second-order valence-electron chi connectivity index (χ2n) is 12.2. The molecule has 4 rings (SSSR count). The Morgan fingerprint density at radius 2 is 1.26 bits per heavy atom. The number of hydrogen-bond acceptors (Lipinski definition) is 5. The van der Waals surface area contributed by atoms with E-state index in [2.05, 4.69) is 6.92 Å². The van der Waals surface area contributed by atoms with Crippen molar-refractivity contribution in [3.05, 3.63) is 0 Å². The average molecular weight is 609 g/mol. The molecular weight excluding hydrogens is 564 g/mol. The van der Waals surface area contributed by atoms with Gasteiger partial charge in [-0.3, -0.25) is 9.11 Å². The van der Waals surface area contributed by atoms with E-state index in [9.17, 15) is 39.5 Å². The lowest BCUT2D eigenvalue weighted by atomic mass is 9.67. The van der Waals surface area contributed by atoms with E-state index in [1.807, 2.05) is 0 Å². The standard InChI is InChI=1S/C13H18F2O4S.C13H26F2O3S/c14-13(15,20(17,18)19)9-3-5-1-7(9)11-6-2-8(12(5)11)10(16)4-6;1-3-5-6-7-8-9-11-12(10-4-2)13(14,15)19(16,17)18/h5-12,16H,1-4H2,(H,17,18,19);12H,3-11H2,1-2H3,(H,16,17,18). The maximum absolute atomic E-state index is 14.0. The molecule has 13 heteroatoms. The number of aliphatic hydroxyl groups is 1. The first-order valence-corrected chi connectivity index (χ1v) is 17.2. The fourth-order valence-corrected chi connectivity index (χ4v) is 9.66. The van der Waals surface area contributed by atoms with E-state index < -0.39 is 42.6 Å². The molecule has 7 nitrogen and oxygen atoms in total. The quantitative estimate of drug-likeness (QED) is 0.0956. The van der Waals surface area contributed by atoms with Gasteiger partial charge in [0.2, 0.25) is 0 Å². The van der Waals surface area contributed by atoms with Crippen molar-refractivity contribution >= 4 is 20.2 Å². The van der Waals surface area contributed by atoms with Crippen LogP contribution in [-0.4, -0.2) is 47.7 Å². The van der Waals surface area contributed by atoms with Crippen LogP contribution in [0.1, 0.15) is 97.3 Å². The molecule has 4 saturated carbocycles. The molecule has 4 fully saturated rings. The summed E-state index contributed by atoms with van der Waals surface area (Å²) in [6.45, 7) is 3.83. The van der Waals surface area contributed by atoms with Crippen molar-refractivity contribution in [2.75, 3.05) is 0 Å². The lowest BCUT2D eigenvalue weighted by molar-refractivity contribution is -0.0532. The molecule has 4 bridgehead atoms. The Morgan fingerprint density at radius 1 is 0.718 bits per heavy atom. The number of unbranched alkanes of at least 4 members (excludes halogenated alkanes) is 5. The number of fused-ring (bicyclic) bond motifs is 9. The molecule has 9 unspecified atom stereocenters. The van der Waals surface area contributed by atoms with Crippen molar-refractivity contribution in [2.24, 2.45) is 47.3 Å². The van der Waals surface area contributed by atoms with Crippen LogP contribution in [0.5, 0.6) is 0 Å². The molecule has 0 aliphatic heterocycles. The molecule has 0 radical (unpaired) electrons. The largest absolute Gasteiger partial charge is 0.393 e. The van der Waals surface area contributed by atoms with Gasteiger partial charge in [0.25, 0.3) is 0 Å². The summed E-state index contributed by atoms with van der Waals surface area (Å²) in [5.41, 5.74) is 0. The van der Waals surface area contributed by atoms with Gasteiger partial charge in [-0.25, -0.2) is 0 Å². The maximum atomic E-state index is 14.0. The van der Waals surface area contributed by atoms with Crippen molar-refractivity contribution in [3.8, 4) is 0 Å². The summed E-state index contributed by atoms with van der Waals surface area (Å²) >= 11 is 0. The van der Waals surface area contributed by atoms with E-state index >= 15 is 0 Å². The Kier molecular flexibility index (Phi) is 10.5. The zero-order valence-electron chi connectivity index (χ0n) is 22.7. The van der Waals surface area contributed by atoms with Crippen molar-refractivity contribution in [2.45, 2.75) is 114 Å². The number of alkyl halides is 4. The minimum atomic E-state index is -5.34. The van der Waals surface area contributed by atoms with Crippen LogP contribution in [0.25, 0.3) is 0 Å². The van der Waals surface area contributed by atoms with Crippen LogP contribution in [0.2, 0.25) is 0 Å². The van der Waals surface area contributed by atoms with Crippen molar-refractivity contribution in [1.29, 1.82) is 0 Å². The van der Waals surface area contributed by atoms with E-state index in [0.29, 0.717) is 31.6 Å². The summed E-state index contributed by atoms with van der Waals surface area (Å²) in [6.07, 6.45) is 8.54. The third-order valence-corrected chi connectivity index (χ3v) is 11.9. The lowest BCUT2D eigenvalue weighted by Crippen LogP contribution is -2.46. The molecule has 4 aliphatic rings. The second-order valence-corrected chi connectivity index (χ2v) is 15.2. The summed E-state index contributed by atoms with van der Waals surface area (Å²) in [5.74, 6) is -1.85. The molecule has 0 aromatic carbocycles. The highest BCUT2D eigenvalue weighted by Crippen LogP contribution is 2.70. The number of halogens is 4. The molecule has 0 aromatic heterocycles. The fourth-order valence-electron chi connectivity index (χ4n) is 8.35. The summed E-state index contributed by atoms with van der Waals surface area (Å²) in [4.78, 5) is 0. The highest BCUT2D eigenvalue weighted by atomic mass is 32.2. The monoisotopic (exact) mass is 608 g/mol. The van der Waals surface area contributed by atoms with Gasteiger partial charge in [-0.2, -0.15) is 34.4 Å². The zero-order valence-corrected chi connectivity index (χ0v) is 24.3. The van der Waals surface area contributed by atoms with Gasteiger partial charge in [-0.05, 0) is 74.0 Å². The van der Waals surface area contributed by atoms with Gasteiger partial charge in [0.15, 0.2) is 0 Å². The Balaban J connectivity index is 0.000000216. The second kappa shape index (κ2) is 12.4. The summed E-state index contributed by atoms with van der Waals surface area (Å²) in [7, 11) is -10.7. The zero-order chi connectivity index (χ0) is 29.4. The van der Waals surface area contributed by atoms with Crippen molar-refractivity contribution < 1.29 is 48.6 Å². The van der Waals surface area contributed by atoms with Crippen LogP contribution in [0.3, 0.4) is 0 Å². The van der Waals surface area contributed by atoms with Crippen LogP contribution < -0.4 is 0 Å². The lowest BCUT2D eigenvalue weighted by Gasteiger charge is -2.41. The summed E-state index contributed by atoms with van der Waals surface area (Å²) in [6, 6.07) is 0. The third-order valence-electron chi connectivity index (χ3n) is 9.92. The fraction of sp³-hybridized carbons (Fsp3) is 1.00. The Morgan fingerprint density at radius 3 is 1.82 bits per heavy atom. The minimum Gasteiger partial charge on any atom is -0.393 e. The first-order valence-electron chi connectivity index (χ1n) is 14.4. The smallest absolute Gasteiger partial charge is 0.372 e. The van der Waals surface area contributed by atoms with Crippen molar-refractivity contribution in [3.63, 3.8) is 0 Å². The molecule has 0 amide bonds. The van der Waals surface area contributed by atoms with Gasteiger partial charge in [0, 0.05) is 11.8 Å². The van der Waals surface area contributed by atoms with Gasteiger partial charge >= 0.3 is 30.7 Å². The minimum absolute atomic E-state index is 0.0903. The van der Waals surface area contributed by atoms with Crippen LogP contribution in [0.15, 0.2) is 0 Å². The molecule has 3 N–H and O–H groups in total. The Hall–Kier alpha value is -0.500. The predicted octanol–water partition coefficient (Wildman–Crippen LogP) is 6.39. The first kappa shape index (κ1) is 33.0. The number of aliphatic hydroxyl groups excluding tert-OH is 1. The predicted molar refractivity (Wildman–Crippen MR) is 138 cm³/mol. The van der Waals surface area contributed by atoms with Crippen LogP contribution in [-0.2, 0) is 20.2 Å². The van der Waals surface area contributed by atoms with E-state index in [-0.39, 0.29) is 55.0 Å². The van der Waals surface area contributed by atoms with E-state index in [1.165, 1.54) is 0 Å². The summed E-state index contributed by atoms with van der Waals surface area (Å²) < 4.78 is 116. The Labute approximate surface area is 230 Å². The molecule has 39 heavy (non-hydrogen) atoms. The number of hydrogen-bond donors (Lipinski definition) is 3. The molecule has 4 aliphatic carbocycles. The highest BCUT2D eigenvalue weighted by Gasteiger charge is 2.70. The van der Waals surface area contributed by atoms with Crippen LogP contribution >= 0.6 is 0 Å². The van der Waals surface area contributed by atoms with Crippen LogP contribution in [0.4, 0.5) is 17.6 Å². The molecular formula is C26H44F4O7S2. The van der Waals surface area contributed by atoms with Gasteiger partial charge in [0.05, 0.1) is 6.10 Å². The van der Waals surface area contributed by atoms with Crippen LogP contribution in [0, 0.1) is 47.3 Å². The van der Waals surface area contributed by atoms with Gasteiger partial charge in [0.1, 0.15) is 0 Å². The van der Waals surface area contributed by atoms with Crippen molar-refractivity contribution in [1.82, 2.24) is 0 Å².